The first kappa shape index (κ1) is 17.9. The summed E-state index contributed by atoms with van der Waals surface area (Å²) in [7, 11) is 1.95. The van der Waals surface area contributed by atoms with E-state index in [1.54, 1.807) is 0 Å². The van der Waals surface area contributed by atoms with E-state index in [9.17, 15) is 4.79 Å². The fourth-order valence-electron chi connectivity index (χ4n) is 5.42. The minimum absolute atomic E-state index is 0.0488. The molecule has 2 saturated heterocycles. The molecule has 3 aliphatic heterocycles. The van der Waals surface area contributed by atoms with Gasteiger partial charge in [0.2, 0.25) is 0 Å². The van der Waals surface area contributed by atoms with E-state index in [0.29, 0.717) is 18.6 Å². The van der Waals surface area contributed by atoms with Crippen molar-refractivity contribution in [2.24, 2.45) is 7.05 Å². The molecule has 8 nitrogen and oxygen atoms in total. The Morgan fingerprint density at radius 2 is 2.13 bits per heavy atom. The van der Waals surface area contributed by atoms with Crippen molar-refractivity contribution in [3.8, 4) is 11.3 Å². The maximum atomic E-state index is 13.0. The molecule has 3 atom stereocenters. The molecule has 3 aromatic rings. The topological polar surface area (TPSA) is 90.9 Å². The van der Waals surface area contributed by atoms with Gasteiger partial charge in [-0.3, -0.25) is 9.78 Å². The van der Waals surface area contributed by atoms with Gasteiger partial charge in [-0.15, -0.1) is 0 Å². The van der Waals surface area contributed by atoms with Crippen molar-refractivity contribution in [3.05, 3.63) is 35.7 Å². The van der Waals surface area contributed by atoms with Crippen molar-refractivity contribution < 1.29 is 4.79 Å². The van der Waals surface area contributed by atoms with E-state index in [0.717, 1.165) is 59.2 Å². The van der Waals surface area contributed by atoms with Crippen LogP contribution >= 0.6 is 0 Å². The predicted molar refractivity (Wildman–Crippen MR) is 114 cm³/mol. The smallest absolute Gasteiger partial charge is 0.317 e. The lowest BCUT2D eigenvalue weighted by Crippen LogP contribution is -2.55. The van der Waals surface area contributed by atoms with Gasteiger partial charge in [-0.25, -0.2) is 4.79 Å². The Morgan fingerprint density at radius 1 is 1.23 bits per heavy atom. The molecule has 1 aromatic carbocycles. The van der Waals surface area contributed by atoms with Gasteiger partial charge in [-0.1, -0.05) is 6.07 Å². The summed E-state index contributed by atoms with van der Waals surface area (Å²) < 4.78 is 1.87. The first-order chi connectivity index (χ1) is 14.7. The number of amides is 2. The number of benzene rings is 1. The number of carbonyl (C=O) groups excluding carboxylic acids is 1. The van der Waals surface area contributed by atoms with Crippen molar-refractivity contribution in [3.63, 3.8) is 0 Å². The summed E-state index contributed by atoms with van der Waals surface area (Å²) >= 11 is 0. The number of aromatic amines is 1. The number of hydrogen-bond acceptors (Lipinski definition) is 4. The Morgan fingerprint density at radius 3 is 3.07 bits per heavy atom. The molecule has 2 bridgehead atoms. The zero-order valence-corrected chi connectivity index (χ0v) is 17.2. The summed E-state index contributed by atoms with van der Waals surface area (Å²) in [6.45, 7) is 1.31. The third kappa shape index (κ3) is 2.89. The van der Waals surface area contributed by atoms with Crippen LogP contribution in [0.3, 0.4) is 0 Å². The van der Waals surface area contributed by atoms with Crippen LogP contribution in [0.5, 0.6) is 0 Å². The van der Waals surface area contributed by atoms with Gasteiger partial charge in [0.1, 0.15) is 0 Å². The second-order valence-electron chi connectivity index (χ2n) is 8.92. The predicted octanol–water partition coefficient (Wildman–Crippen LogP) is 2.31. The van der Waals surface area contributed by atoms with Gasteiger partial charge >= 0.3 is 6.03 Å². The van der Waals surface area contributed by atoms with E-state index in [1.807, 2.05) is 22.8 Å². The molecule has 2 aromatic heterocycles. The number of piperidine rings is 1. The average molecular weight is 406 g/mol. The number of nitrogens with zero attached hydrogens (tertiary/aromatic N) is 4. The number of urea groups is 1. The fraction of sp³-hybridized carbons (Fsp3) is 0.500. The third-order valence-electron chi connectivity index (χ3n) is 7.14. The van der Waals surface area contributed by atoms with E-state index in [-0.39, 0.29) is 12.1 Å². The van der Waals surface area contributed by atoms with Crippen LogP contribution in [0.2, 0.25) is 0 Å². The molecular formula is C22H27N7O. The number of rotatable bonds is 2. The maximum absolute atomic E-state index is 13.0. The number of fused-ring (bicyclic) bond motifs is 4. The van der Waals surface area contributed by atoms with Crippen molar-refractivity contribution in [1.82, 2.24) is 35.5 Å². The Balaban J connectivity index is 1.22. The quantitative estimate of drug-likeness (QED) is 0.610. The molecule has 5 heterocycles. The Labute approximate surface area is 175 Å². The minimum atomic E-state index is 0.0488. The Bertz CT molecular complexity index is 1120. The lowest BCUT2D eigenvalue weighted by atomic mass is 9.99. The van der Waals surface area contributed by atoms with E-state index in [2.05, 4.69) is 44.1 Å². The lowest BCUT2D eigenvalue weighted by Gasteiger charge is -2.34. The average Bonchev–Trinajstić information content (AvgIpc) is 3.47. The molecule has 2 amide bonds. The number of hydrogen-bond donors (Lipinski definition) is 3. The zero-order chi connectivity index (χ0) is 20.2. The first-order valence-electron chi connectivity index (χ1n) is 11.0. The number of H-pyrrole nitrogens is 1. The molecule has 3 N–H and O–H groups in total. The van der Waals surface area contributed by atoms with Crippen LogP contribution < -0.4 is 10.6 Å². The van der Waals surface area contributed by atoms with Gasteiger partial charge in [0.05, 0.1) is 24.0 Å². The van der Waals surface area contributed by atoms with Crippen LogP contribution in [0.1, 0.15) is 36.9 Å². The standard InChI is InChI=1S/C22H27N7O/c1-28-20-7-2-13(10-14(20)11-23-28)21-16-12-29(9-8-17(16)26-27-21)22(30)25-19-6-4-15-3-5-18(19)24-15/h2,7,10-11,15,18-19,24H,3-6,8-9,12H2,1H3,(H,25,30)(H,26,27)/t15-,18+,19?/m1/s1. The van der Waals surface area contributed by atoms with Crippen LogP contribution in [-0.2, 0) is 20.0 Å². The molecule has 3 aliphatic rings. The highest BCUT2D eigenvalue weighted by molar-refractivity contribution is 5.84. The van der Waals surface area contributed by atoms with Gasteiger partial charge in [0, 0.05) is 60.3 Å². The van der Waals surface area contributed by atoms with Crippen LogP contribution in [0, 0.1) is 0 Å². The lowest BCUT2D eigenvalue weighted by molar-refractivity contribution is 0.181. The van der Waals surface area contributed by atoms with Crippen LogP contribution in [0.15, 0.2) is 24.4 Å². The first-order valence-corrected chi connectivity index (χ1v) is 11.0. The minimum Gasteiger partial charge on any atom is -0.334 e. The highest BCUT2D eigenvalue weighted by Crippen LogP contribution is 2.31. The van der Waals surface area contributed by atoms with Crippen molar-refractivity contribution in [2.45, 2.75) is 56.8 Å². The largest absolute Gasteiger partial charge is 0.334 e. The molecule has 30 heavy (non-hydrogen) atoms. The molecule has 0 radical (unpaired) electrons. The van der Waals surface area contributed by atoms with Crippen LogP contribution in [-0.4, -0.2) is 55.6 Å². The van der Waals surface area contributed by atoms with E-state index < -0.39 is 0 Å². The fourth-order valence-corrected chi connectivity index (χ4v) is 5.42. The normalized spacial score (nSPS) is 25.5. The third-order valence-corrected chi connectivity index (χ3v) is 7.14. The number of aromatic nitrogens is 4. The van der Waals surface area contributed by atoms with Crippen molar-refractivity contribution in [2.75, 3.05) is 6.54 Å². The summed E-state index contributed by atoms with van der Waals surface area (Å²) in [6.07, 6.45) is 7.33. The van der Waals surface area contributed by atoms with E-state index in [1.165, 1.54) is 12.8 Å². The number of aryl methyl sites for hydroxylation is 1. The molecule has 8 heteroatoms. The number of carbonyl (C=O) groups is 1. The molecule has 1 unspecified atom stereocenters. The van der Waals surface area contributed by atoms with E-state index in [4.69, 9.17) is 0 Å². The summed E-state index contributed by atoms with van der Waals surface area (Å²) in [5.41, 5.74) is 5.36. The Hall–Kier alpha value is -2.87. The van der Waals surface area contributed by atoms with Gasteiger partial charge in [0.25, 0.3) is 0 Å². The summed E-state index contributed by atoms with van der Waals surface area (Å²) in [6, 6.07) is 7.68. The molecule has 0 saturated carbocycles. The second kappa shape index (κ2) is 6.84. The van der Waals surface area contributed by atoms with Gasteiger partial charge in [-0.05, 0) is 37.8 Å². The van der Waals surface area contributed by atoms with Gasteiger partial charge < -0.3 is 15.5 Å². The Kier molecular flexibility index (Phi) is 4.09. The summed E-state index contributed by atoms with van der Waals surface area (Å²) in [5.74, 6) is 0. The SMILES string of the molecule is Cn1ncc2cc(-c3n[nH]c4c3CN(C(=O)NC3CC[C@H]5CC[C@@H]3N5)CC4)ccc21. The maximum Gasteiger partial charge on any atom is 0.317 e. The molecule has 156 valence electrons. The molecule has 0 spiro atoms. The van der Waals surface area contributed by atoms with Crippen LogP contribution in [0.4, 0.5) is 4.79 Å². The highest BCUT2D eigenvalue weighted by atomic mass is 16.2. The van der Waals surface area contributed by atoms with Crippen molar-refractivity contribution in [1.29, 1.82) is 0 Å². The van der Waals surface area contributed by atoms with Gasteiger partial charge in [-0.2, -0.15) is 10.2 Å². The second-order valence-corrected chi connectivity index (χ2v) is 8.92. The van der Waals surface area contributed by atoms with Gasteiger partial charge in [0.15, 0.2) is 0 Å². The summed E-state index contributed by atoms with van der Waals surface area (Å²) in [4.78, 5) is 15.0. The summed E-state index contributed by atoms with van der Waals surface area (Å²) in [5, 5.41) is 20.2. The zero-order valence-electron chi connectivity index (χ0n) is 17.2. The molecular weight excluding hydrogens is 378 g/mol. The van der Waals surface area contributed by atoms with E-state index >= 15 is 0 Å². The molecule has 2 fully saturated rings. The number of nitrogens with one attached hydrogen (secondary N) is 3. The molecule has 0 aliphatic carbocycles. The monoisotopic (exact) mass is 405 g/mol. The highest BCUT2D eigenvalue weighted by Gasteiger charge is 2.37. The van der Waals surface area contributed by atoms with Crippen molar-refractivity contribution >= 4 is 16.9 Å². The molecule has 6 rings (SSSR count). The van der Waals surface area contributed by atoms with Crippen LogP contribution in [0.25, 0.3) is 22.2 Å².